The molecule has 0 bridgehead atoms. The fourth-order valence-electron chi connectivity index (χ4n) is 4.87. The Balaban J connectivity index is 1.29. The summed E-state index contributed by atoms with van der Waals surface area (Å²) >= 11 is 0. The van der Waals surface area contributed by atoms with Gasteiger partial charge in [0, 0.05) is 19.3 Å². The summed E-state index contributed by atoms with van der Waals surface area (Å²) in [6, 6.07) is 22.4. The first kappa shape index (κ1) is 22.9. The molecular formula is C27H31N5OS. The number of pyridine rings is 1. The molecule has 0 saturated carbocycles. The van der Waals surface area contributed by atoms with Crippen LogP contribution in [-0.4, -0.2) is 37.2 Å². The number of benzene rings is 2. The van der Waals surface area contributed by atoms with Gasteiger partial charge >= 0.3 is 0 Å². The van der Waals surface area contributed by atoms with E-state index in [-0.39, 0.29) is 0 Å². The van der Waals surface area contributed by atoms with E-state index in [4.69, 9.17) is 9.97 Å². The zero-order valence-electron chi connectivity index (χ0n) is 19.6. The van der Waals surface area contributed by atoms with E-state index in [0.29, 0.717) is 12.6 Å². The summed E-state index contributed by atoms with van der Waals surface area (Å²) in [5.41, 5.74) is 4.76. The fraction of sp³-hybridized carbons (Fsp3) is 0.333. The molecule has 0 spiro atoms. The Kier molecular flexibility index (Phi) is 7.13. The molecule has 2 atom stereocenters. The van der Waals surface area contributed by atoms with Crippen molar-refractivity contribution < 1.29 is 4.21 Å². The van der Waals surface area contributed by atoms with Gasteiger partial charge in [0.2, 0.25) is 0 Å². The zero-order chi connectivity index (χ0) is 23.3. The summed E-state index contributed by atoms with van der Waals surface area (Å²) in [4.78, 5) is 12.9. The summed E-state index contributed by atoms with van der Waals surface area (Å²) in [5.74, 6) is 1.07. The van der Waals surface area contributed by atoms with E-state index >= 15 is 0 Å². The highest BCUT2D eigenvalue weighted by molar-refractivity contribution is 7.83. The summed E-state index contributed by atoms with van der Waals surface area (Å²) in [6.45, 7) is 2.25. The lowest BCUT2D eigenvalue weighted by atomic mass is 9.91. The van der Waals surface area contributed by atoms with Crippen molar-refractivity contribution in [2.24, 2.45) is 0 Å². The second-order valence-electron chi connectivity index (χ2n) is 8.87. The first-order valence-corrected chi connectivity index (χ1v) is 13.1. The van der Waals surface area contributed by atoms with E-state index in [1.807, 2.05) is 48.7 Å². The molecule has 5 rings (SSSR count). The molecule has 2 unspecified atom stereocenters. The van der Waals surface area contributed by atoms with Crippen LogP contribution in [0, 0.1) is 0 Å². The molecule has 2 heterocycles. The van der Waals surface area contributed by atoms with Crippen molar-refractivity contribution in [3.63, 3.8) is 0 Å². The summed E-state index contributed by atoms with van der Waals surface area (Å²) in [6.07, 6.45) is 6.20. The Labute approximate surface area is 203 Å². The van der Waals surface area contributed by atoms with Crippen LogP contribution in [0.5, 0.6) is 0 Å². The number of hydrogen-bond acceptors (Lipinski definition) is 4. The fourth-order valence-corrected chi connectivity index (χ4v) is 5.77. The molecule has 0 fully saturated rings. The summed E-state index contributed by atoms with van der Waals surface area (Å²) < 4.78 is 17.9. The van der Waals surface area contributed by atoms with Crippen LogP contribution in [0.1, 0.15) is 42.4 Å². The number of nitrogens with one attached hydrogen (secondary N) is 1. The van der Waals surface area contributed by atoms with E-state index < -0.39 is 11.0 Å². The van der Waals surface area contributed by atoms with Crippen LogP contribution in [0.4, 0.5) is 0 Å². The second kappa shape index (κ2) is 10.6. The maximum Gasteiger partial charge on any atom is 0.124 e. The van der Waals surface area contributed by atoms with Gasteiger partial charge < -0.3 is 4.57 Å². The van der Waals surface area contributed by atoms with Crippen molar-refractivity contribution in [1.82, 2.24) is 24.2 Å². The van der Waals surface area contributed by atoms with Gasteiger partial charge in [-0.15, -0.1) is 0 Å². The molecule has 7 heteroatoms. The van der Waals surface area contributed by atoms with Gasteiger partial charge in [0.05, 0.1) is 34.2 Å². The number of fused-ring (bicyclic) bond motifs is 2. The smallest absolute Gasteiger partial charge is 0.124 e. The predicted molar refractivity (Wildman–Crippen MR) is 137 cm³/mol. The normalized spacial score (nSPS) is 16.6. The monoisotopic (exact) mass is 473 g/mol. The highest BCUT2D eigenvalue weighted by Gasteiger charge is 2.26. The van der Waals surface area contributed by atoms with Crippen LogP contribution in [0.3, 0.4) is 0 Å². The molecule has 0 aliphatic heterocycles. The van der Waals surface area contributed by atoms with Gasteiger partial charge in [-0.2, -0.15) is 0 Å². The summed E-state index contributed by atoms with van der Waals surface area (Å²) in [7, 11) is 0.995. The highest BCUT2D eigenvalue weighted by atomic mass is 32.2. The topological polar surface area (TPSA) is 63.1 Å². The number of nitrogens with zero attached hydrogens (tertiary/aromatic N) is 4. The zero-order valence-corrected chi connectivity index (χ0v) is 20.4. The van der Waals surface area contributed by atoms with E-state index in [0.717, 1.165) is 54.1 Å². The number of aryl methyl sites for hydroxylation is 2. The van der Waals surface area contributed by atoms with Gasteiger partial charge in [-0.1, -0.05) is 36.4 Å². The lowest BCUT2D eigenvalue weighted by molar-refractivity contribution is 0.201. The maximum atomic E-state index is 12.5. The van der Waals surface area contributed by atoms with E-state index in [9.17, 15) is 4.21 Å². The molecule has 1 N–H and O–H groups in total. The molecule has 1 aliphatic rings. The average Bonchev–Trinajstić information content (AvgIpc) is 3.23. The third-order valence-electron chi connectivity index (χ3n) is 6.57. The minimum atomic E-state index is -1.19. The van der Waals surface area contributed by atoms with Gasteiger partial charge in [0.25, 0.3) is 0 Å². The van der Waals surface area contributed by atoms with Crippen LogP contribution in [0.15, 0.2) is 77.8 Å². The number of para-hydroxylation sites is 2. The molecule has 6 nitrogen and oxygen atoms in total. The van der Waals surface area contributed by atoms with Crippen molar-refractivity contribution in [3.05, 3.63) is 90.0 Å². The lowest BCUT2D eigenvalue weighted by Crippen LogP contribution is -2.29. The van der Waals surface area contributed by atoms with Crippen molar-refractivity contribution >= 4 is 22.0 Å². The van der Waals surface area contributed by atoms with Crippen LogP contribution < -0.4 is 4.72 Å². The molecular weight excluding hydrogens is 442 g/mol. The van der Waals surface area contributed by atoms with E-state index in [1.165, 1.54) is 17.7 Å². The molecule has 0 saturated heterocycles. The molecule has 4 aromatic rings. The van der Waals surface area contributed by atoms with Crippen LogP contribution in [-0.2, 0) is 30.5 Å². The third kappa shape index (κ3) is 4.97. The quantitative estimate of drug-likeness (QED) is 0.360. The first-order valence-electron chi connectivity index (χ1n) is 12.0. The molecule has 0 amide bonds. The van der Waals surface area contributed by atoms with Crippen molar-refractivity contribution in [1.29, 1.82) is 0 Å². The average molecular weight is 474 g/mol. The van der Waals surface area contributed by atoms with Crippen molar-refractivity contribution in [3.8, 4) is 0 Å². The lowest BCUT2D eigenvalue weighted by Gasteiger charge is -2.32. The van der Waals surface area contributed by atoms with Gasteiger partial charge in [-0.3, -0.25) is 9.88 Å². The molecule has 1 aliphatic carbocycles. The van der Waals surface area contributed by atoms with E-state index in [2.05, 4.69) is 45.5 Å². The molecule has 0 radical (unpaired) electrons. The van der Waals surface area contributed by atoms with Crippen molar-refractivity contribution in [2.45, 2.75) is 49.7 Å². The Morgan fingerprint density at radius 1 is 1.09 bits per heavy atom. The molecule has 2 aromatic heterocycles. The standard InChI is InChI=1S/C27H31N5OS/c1-31(25-16-7-10-21-11-8-17-28-27(21)25)20-26-30-23-14-5-6-15-24(23)32(26)19-9-18-29-34(33)22-12-3-2-4-13-22/h2-6,8,11-15,17,25,29H,7,9-10,16,18-20H2,1H3. The SMILES string of the molecule is CN(Cc1nc2ccccc2n1CCCNS(=O)c1ccccc1)C1CCCc2cccnc21. The van der Waals surface area contributed by atoms with Gasteiger partial charge in [-0.05, 0) is 68.6 Å². The van der Waals surface area contributed by atoms with Crippen LogP contribution in [0.25, 0.3) is 11.0 Å². The third-order valence-corrected chi connectivity index (χ3v) is 7.74. The summed E-state index contributed by atoms with van der Waals surface area (Å²) in [5, 5.41) is 0. The maximum absolute atomic E-state index is 12.5. The molecule has 2 aromatic carbocycles. The Morgan fingerprint density at radius 3 is 2.79 bits per heavy atom. The number of imidazole rings is 1. The van der Waals surface area contributed by atoms with Gasteiger partial charge in [0.1, 0.15) is 16.8 Å². The molecule has 176 valence electrons. The van der Waals surface area contributed by atoms with Crippen LogP contribution >= 0.6 is 0 Å². The highest BCUT2D eigenvalue weighted by Crippen LogP contribution is 2.33. The van der Waals surface area contributed by atoms with E-state index in [1.54, 1.807) is 0 Å². The van der Waals surface area contributed by atoms with Gasteiger partial charge in [-0.25, -0.2) is 13.9 Å². The minimum absolute atomic E-state index is 0.313. The predicted octanol–water partition coefficient (Wildman–Crippen LogP) is 4.64. The minimum Gasteiger partial charge on any atom is -0.327 e. The molecule has 34 heavy (non-hydrogen) atoms. The second-order valence-corrected chi connectivity index (χ2v) is 10.2. The van der Waals surface area contributed by atoms with Crippen LogP contribution in [0.2, 0.25) is 0 Å². The number of rotatable bonds is 9. The van der Waals surface area contributed by atoms with Gasteiger partial charge in [0.15, 0.2) is 0 Å². The Morgan fingerprint density at radius 2 is 1.91 bits per heavy atom. The van der Waals surface area contributed by atoms with Crippen molar-refractivity contribution in [2.75, 3.05) is 13.6 Å². The first-order chi connectivity index (χ1) is 16.7. The number of hydrogen-bond donors (Lipinski definition) is 1. The Bertz CT molecular complexity index is 1270. The largest absolute Gasteiger partial charge is 0.327 e. The number of aromatic nitrogens is 3. The Hall–Kier alpha value is -2.87.